The van der Waals surface area contributed by atoms with Crippen LogP contribution in [0.5, 0.6) is 0 Å². The van der Waals surface area contributed by atoms with Crippen LogP contribution in [0.1, 0.15) is 10.5 Å². The van der Waals surface area contributed by atoms with Crippen LogP contribution in [0, 0.1) is 10.1 Å². The fraction of sp³-hybridized carbons (Fsp3) is 0.0909. The number of fused-ring (bicyclic) bond motifs is 1. The molecule has 0 spiro atoms. The third-order valence-corrected chi connectivity index (χ3v) is 2.53. The number of rotatable bonds is 3. The van der Waals surface area contributed by atoms with E-state index in [4.69, 9.17) is 0 Å². The predicted octanol–water partition coefficient (Wildman–Crippen LogP) is 1.47. The number of aryl methyl sites for hydroxylation is 1. The number of hydrogen-bond acceptors (Lipinski definition) is 4. The lowest BCUT2D eigenvalue weighted by Crippen LogP contribution is -2.06. The Balaban J connectivity index is 2.77. The Hall–Kier alpha value is -2.50. The third-order valence-electron chi connectivity index (χ3n) is 2.53. The van der Waals surface area contributed by atoms with Crippen molar-refractivity contribution in [2.45, 2.75) is 0 Å². The Kier molecular flexibility index (Phi) is 2.47. The molecule has 0 saturated heterocycles. The van der Waals surface area contributed by atoms with Crippen LogP contribution in [-0.4, -0.2) is 21.6 Å². The SMILES string of the molecule is Cn1cc2ccc([N+](=O)[O-])cc2c1C(=O)C=O. The highest BCUT2D eigenvalue weighted by Gasteiger charge is 2.17. The molecule has 0 aliphatic carbocycles. The number of nitro groups is 1. The van der Waals surface area contributed by atoms with Crippen molar-refractivity contribution in [3.05, 3.63) is 40.2 Å². The number of aromatic nitrogens is 1. The second-order valence-electron chi connectivity index (χ2n) is 3.60. The number of nitrogens with zero attached hydrogens (tertiary/aromatic N) is 2. The lowest BCUT2D eigenvalue weighted by molar-refractivity contribution is -0.384. The van der Waals surface area contributed by atoms with E-state index in [1.807, 2.05) is 0 Å². The van der Waals surface area contributed by atoms with E-state index < -0.39 is 10.7 Å². The highest BCUT2D eigenvalue weighted by Crippen LogP contribution is 2.25. The number of Topliss-reactive ketones (excluding diaryl/α,β-unsaturated/α-hetero) is 1. The molecule has 0 N–H and O–H groups in total. The van der Waals surface area contributed by atoms with Gasteiger partial charge in [-0.05, 0) is 6.07 Å². The van der Waals surface area contributed by atoms with Crippen molar-refractivity contribution in [3.63, 3.8) is 0 Å². The first-order chi connectivity index (χ1) is 8.04. The van der Waals surface area contributed by atoms with Gasteiger partial charge in [-0.2, -0.15) is 0 Å². The van der Waals surface area contributed by atoms with Crippen molar-refractivity contribution in [3.8, 4) is 0 Å². The molecule has 6 nitrogen and oxygen atoms in total. The van der Waals surface area contributed by atoms with Gasteiger partial charge in [0.25, 0.3) is 5.69 Å². The van der Waals surface area contributed by atoms with Gasteiger partial charge in [-0.15, -0.1) is 0 Å². The Labute approximate surface area is 95.6 Å². The van der Waals surface area contributed by atoms with Gasteiger partial charge in [0.2, 0.25) is 5.78 Å². The van der Waals surface area contributed by atoms with Crippen molar-refractivity contribution in [1.29, 1.82) is 0 Å². The maximum absolute atomic E-state index is 11.4. The van der Waals surface area contributed by atoms with Crippen molar-refractivity contribution in [2.75, 3.05) is 0 Å². The van der Waals surface area contributed by atoms with Gasteiger partial charge in [-0.3, -0.25) is 19.7 Å². The predicted molar refractivity (Wildman–Crippen MR) is 60.0 cm³/mol. The van der Waals surface area contributed by atoms with E-state index in [0.717, 1.165) is 0 Å². The molecule has 1 aromatic carbocycles. The minimum absolute atomic E-state index is 0.108. The number of aldehydes is 1. The first kappa shape index (κ1) is 11.0. The van der Waals surface area contributed by atoms with Gasteiger partial charge in [0.1, 0.15) is 5.69 Å². The van der Waals surface area contributed by atoms with Gasteiger partial charge >= 0.3 is 0 Å². The van der Waals surface area contributed by atoms with Gasteiger partial charge in [-0.25, -0.2) is 0 Å². The third kappa shape index (κ3) is 1.69. The fourth-order valence-electron chi connectivity index (χ4n) is 1.80. The molecule has 0 saturated carbocycles. The lowest BCUT2D eigenvalue weighted by Gasteiger charge is -1.97. The second kappa shape index (κ2) is 3.82. The minimum Gasteiger partial charge on any atom is -0.347 e. The van der Waals surface area contributed by atoms with Crippen molar-refractivity contribution in [1.82, 2.24) is 4.57 Å². The highest BCUT2D eigenvalue weighted by atomic mass is 16.6. The van der Waals surface area contributed by atoms with E-state index in [0.29, 0.717) is 10.8 Å². The minimum atomic E-state index is -0.692. The molecule has 0 aliphatic rings. The number of nitro benzene ring substituents is 1. The van der Waals surface area contributed by atoms with Crippen molar-refractivity contribution < 1.29 is 14.5 Å². The summed E-state index contributed by atoms with van der Waals surface area (Å²) in [5.74, 6) is -0.692. The number of non-ortho nitro benzene ring substituents is 1. The summed E-state index contributed by atoms with van der Waals surface area (Å²) in [6.45, 7) is 0. The molecular formula is C11H8N2O4. The van der Waals surface area contributed by atoms with E-state index in [9.17, 15) is 19.7 Å². The molecule has 1 aromatic heterocycles. The normalized spacial score (nSPS) is 10.4. The smallest absolute Gasteiger partial charge is 0.270 e. The topological polar surface area (TPSA) is 82.2 Å². The summed E-state index contributed by atoms with van der Waals surface area (Å²) in [5.41, 5.74) is 0.0577. The molecule has 0 bridgehead atoms. The number of carbonyl (C=O) groups is 2. The fourth-order valence-corrected chi connectivity index (χ4v) is 1.80. The Morgan fingerprint density at radius 2 is 2.18 bits per heavy atom. The summed E-state index contributed by atoms with van der Waals surface area (Å²) >= 11 is 0. The molecule has 0 radical (unpaired) electrons. The van der Waals surface area contributed by atoms with Crippen LogP contribution in [0.25, 0.3) is 10.8 Å². The van der Waals surface area contributed by atoms with E-state index in [1.165, 1.54) is 16.7 Å². The first-order valence-corrected chi connectivity index (χ1v) is 4.77. The summed E-state index contributed by atoms with van der Waals surface area (Å²) in [4.78, 5) is 32.1. The quantitative estimate of drug-likeness (QED) is 0.264. The van der Waals surface area contributed by atoms with Crippen molar-refractivity contribution >= 4 is 28.5 Å². The Morgan fingerprint density at radius 3 is 2.76 bits per heavy atom. The molecule has 2 rings (SSSR count). The zero-order valence-corrected chi connectivity index (χ0v) is 8.91. The van der Waals surface area contributed by atoms with Gasteiger partial charge in [0.15, 0.2) is 6.29 Å². The average molecular weight is 232 g/mol. The maximum Gasteiger partial charge on any atom is 0.270 e. The molecule has 0 aliphatic heterocycles. The van der Waals surface area contributed by atoms with E-state index >= 15 is 0 Å². The van der Waals surface area contributed by atoms with Gasteiger partial charge < -0.3 is 4.57 Å². The second-order valence-corrected chi connectivity index (χ2v) is 3.60. The summed E-state index contributed by atoms with van der Waals surface area (Å²) in [6, 6.07) is 4.21. The van der Waals surface area contributed by atoms with Crippen LogP contribution in [-0.2, 0) is 11.8 Å². The largest absolute Gasteiger partial charge is 0.347 e. The van der Waals surface area contributed by atoms with Gasteiger partial charge in [-0.1, -0.05) is 0 Å². The van der Waals surface area contributed by atoms with Crippen molar-refractivity contribution in [2.24, 2.45) is 7.05 Å². The molecule has 0 unspecified atom stereocenters. The Morgan fingerprint density at radius 1 is 1.47 bits per heavy atom. The summed E-state index contributed by atoms with van der Waals surface area (Å²) in [6.07, 6.45) is 1.85. The van der Waals surface area contributed by atoms with E-state index in [-0.39, 0.29) is 17.7 Å². The summed E-state index contributed by atoms with van der Waals surface area (Å²) < 4.78 is 1.49. The van der Waals surface area contributed by atoms with Gasteiger partial charge in [0.05, 0.1) is 4.92 Å². The number of carbonyl (C=O) groups excluding carboxylic acids is 2. The van der Waals surface area contributed by atoms with E-state index in [1.54, 1.807) is 19.3 Å². The zero-order chi connectivity index (χ0) is 12.6. The molecular weight excluding hydrogens is 224 g/mol. The van der Waals surface area contributed by atoms with Crippen LogP contribution in [0.15, 0.2) is 24.4 Å². The molecule has 0 atom stereocenters. The number of hydrogen-bond donors (Lipinski definition) is 0. The molecule has 6 heteroatoms. The van der Waals surface area contributed by atoms with Crippen LogP contribution < -0.4 is 0 Å². The van der Waals surface area contributed by atoms with Crippen LogP contribution in [0.2, 0.25) is 0 Å². The maximum atomic E-state index is 11.4. The first-order valence-electron chi connectivity index (χ1n) is 4.77. The molecule has 0 amide bonds. The molecule has 1 heterocycles. The average Bonchev–Trinajstić information content (AvgIpc) is 2.62. The summed E-state index contributed by atoms with van der Waals surface area (Å²) in [5, 5.41) is 11.7. The van der Waals surface area contributed by atoms with Gasteiger partial charge in [0, 0.05) is 36.1 Å². The van der Waals surface area contributed by atoms with E-state index in [2.05, 4.69) is 0 Å². The standard InChI is InChI=1S/C11H8N2O4/c1-12-5-7-2-3-8(13(16)17)4-9(7)11(12)10(15)6-14/h2-6H,1H3. The lowest BCUT2D eigenvalue weighted by atomic mass is 10.1. The summed E-state index contributed by atoms with van der Waals surface area (Å²) in [7, 11) is 1.61. The molecule has 2 aromatic rings. The number of ketones is 1. The van der Waals surface area contributed by atoms with Crippen LogP contribution in [0.4, 0.5) is 5.69 Å². The Bertz CT molecular complexity index is 642. The zero-order valence-electron chi connectivity index (χ0n) is 8.91. The monoisotopic (exact) mass is 232 g/mol. The highest BCUT2D eigenvalue weighted by molar-refractivity contribution is 6.35. The molecule has 0 fully saturated rings. The van der Waals surface area contributed by atoms with Crippen LogP contribution in [0.3, 0.4) is 0 Å². The molecule has 17 heavy (non-hydrogen) atoms. The number of benzene rings is 1. The van der Waals surface area contributed by atoms with Crippen LogP contribution >= 0.6 is 0 Å². The molecule has 86 valence electrons.